The van der Waals surface area contributed by atoms with Gasteiger partial charge in [0, 0.05) is 17.2 Å². The molecule has 3 rings (SSSR count). The van der Waals surface area contributed by atoms with Crippen LogP contribution in [0.15, 0.2) is 42.5 Å². The summed E-state index contributed by atoms with van der Waals surface area (Å²) in [6, 6.07) is 14.0. The molecule has 0 aliphatic carbocycles. The number of carbonyl (C=O) groups is 1. The minimum absolute atomic E-state index is 0.315. The molecule has 3 N–H and O–H groups in total. The van der Waals surface area contributed by atoms with Crippen molar-refractivity contribution in [2.45, 2.75) is 6.92 Å². The van der Waals surface area contributed by atoms with Crippen LogP contribution in [0.3, 0.4) is 0 Å². The maximum Gasteiger partial charge on any atom is 0.453 e. The van der Waals surface area contributed by atoms with Gasteiger partial charge in [-0.1, -0.05) is 30.0 Å². The molecule has 5 nitrogen and oxygen atoms in total. The summed E-state index contributed by atoms with van der Waals surface area (Å²) in [5, 5.41) is 8.65. The third-order valence-electron chi connectivity index (χ3n) is 3.32. The highest BCUT2D eigenvalue weighted by molar-refractivity contribution is 5.75. The molecular weight excluding hydrogens is 292 g/mol. The van der Waals surface area contributed by atoms with Crippen LogP contribution in [0, 0.1) is 18.8 Å². The SMILES string of the molecule is Cc1cc2[nH]c(OCC(=O)O)[nH+]c2cc1C#Cc1ccccc1. The molecule has 2 aromatic carbocycles. The molecule has 0 spiro atoms. The highest BCUT2D eigenvalue weighted by Gasteiger charge is 2.14. The summed E-state index contributed by atoms with van der Waals surface area (Å²) < 4.78 is 5.11. The van der Waals surface area contributed by atoms with Gasteiger partial charge in [0.1, 0.15) is 0 Å². The highest BCUT2D eigenvalue weighted by atomic mass is 16.5. The second kappa shape index (κ2) is 6.24. The Kier molecular flexibility index (Phi) is 3.98. The Hall–Kier alpha value is -3.26. The van der Waals surface area contributed by atoms with E-state index >= 15 is 0 Å². The van der Waals surface area contributed by atoms with Gasteiger partial charge in [-0.05, 0) is 30.7 Å². The van der Waals surface area contributed by atoms with E-state index in [1.165, 1.54) is 0 Å². The molecule has 0 aliphatic rings. The van der Waals surface area contributed by atoms with E-state index in [0.717, 1.165) is 27.7 Å². The number of aryl methyl sites for hydroxylation is 1. The monoisotopic (exact) mass is 307 g/mol. The molecule has 23 heavy (non-hydrogen) atoms. The minimum Gasteiger partial charge on any atom is -0.479 e. The van der Waals surface area contributed by atoms with Crippen molar-refractivity contribution in [3.8, 4) is 17.9 Å². The molecule has 0 saturated heterocycles. The summed E-state index contributed by atoms with van der Waals surface area (Å²) >= 11 is 0. The first kappa shape index (κ1) is 14.7. The lowest BCUT2D eigenvalue weighted by Gasteiger charge is -1.95. The molecule has 0 radical (unpaired) electrons. The summed E-state index contributed by atoms with van der Waals surface area (Å²) in [4.78, 5) is 16.6. The predicted octanol–water partition coefficient (Wildman–Crippen LogP) is 2.15. The van der Waals surface area contributed by atoms with Gasteiger partial charge in [0.05, 0.1) is 0 Å². The Balaban J connectivity index is 1.91. The number of ether oxygens (including phenoxy) is 1. The maximum atomic E-state index is 10.5. The lowest BCUT2D eigenvalue weighted by atomic mass is 10.1. The number of imidazole rings is 1. The third kappa shape index (κ3) is 3.50. The standard InChI is InChI=1S/C18H14N2O3/c1-12-9-15-16(20-18(19-15)23-11-17(21)22)10-14(12)8-7-13-5-3-2-4-6-13/h2-6,9-10H,11H2,1H3,(H,19,20)(H,21,22)/p+1. The smallest absolute Gasteiger partial charge is 0.453 e. The molecule has 0 amide bonds. The summed E-state index contributed by atoms with van der Waals surface area (Å²) in [7, 11) is 0. The zero-order chi connectivity index (χ0) is 16.2. The summed E-state index contributed by atoms with van der Waals surface area (Å²) in [5.41, 5.74) is 4.54. The van der Waals surface area contributed by atoms with Crippen molar-refractivity contribution >= 4 is 17.0 Å². The molecule has 0 saturated carbocycles. The van der Waals surface area contributed by atoms with Crippen LogP contribution in [0.5, 0.6) is 6.01 Å². The van der Waals surface area contributed by atoms with Crippen LogP contribution in [0.25, 0.3) is 11.0 Å². The van der Waals surface area contributed by atoms with Crippen molar-refractivity contribution in [1.29, 1.82) is 0 Å². The number of H-pyrrole nitrogens is 2. The van der Waals surface area contributed by atoms with E-state index in [2.05, 4.69) is 21.8 Å². The van der Waals surface area contributed by atoms with Crippen LogP contribution in [0.4, 0.5) is 0 Å². The summed E-state index contributed by atoms with van der Waals surface area (Å²) in [6.07, 6.45) is 0. The van der Waals surface area contributed by atoms with Crippen LogP contribution >= 0.6 is 0 Å². The Bertz CT molecular complexity index is 918. The number of hydrogen-bond donors (Lipinski definition) is 2. The number of carboxylic acid groups (broad SMARTS) is 1. The Morgan fingerprint density at radius 1 is 1.26 bits per heavy atom. The molecule has 1 aromatic heterocycles. The zero-order valence-electron chi connectivity index (χ0n) is 12.5. The van der Waals surface area contributed by atoms with E-state index in [0.29, 0.717) is 6.01 Å². The second-order valence-corrected chi connectivity index (χ2v) is 5.09. The highest BCUT2D eigenvalue weighted by Crippen LogP contribution is 2.17. The lowest BCUT2D eigenvalue weighted by molar-refractivity contribution is -0.363. The van der Waals surface area contributed by atoms with Gasteiger partial charge in [0.25, 0.3) is 0 Å². The number of aromatic nitrogens is 2. The number of nitrogens with one attached hydrogen (secondary N) is 2. The topological polar surface area (TPSA) is 76.5 Å². The van der Waals surface area contributed by atoms with Gasteiger partial charge in [-0.3, -0.25) is 0 Å². The van der Waals surface area contributed by atoms with Crippen molar-refractivity contribution in [3.63, 3.8) is 0 Å². The minimum atomic E-state index is -1.03. The van der Waals surface area contributed by atoms with E-state index in [1.807, 2.05) is 49.4 Å². The first-order chi connectivity index (χ1) is 11.1. The van der Waals surface area contributed by atoms with Crippen LogP contribution in [0.2, 0.25) is 0 Å². The molecule has 3 aromatic rings. The molecule has 0 fully saturated rings. The molecule has 0 bridgehead atoms. The van der Waals surface area contributed by atoms with Crippen molar-refractivity contribution in [1.82, 2.24) is 4.98 Å². The number of rotatable bonds is 3. The van der Waals surface area contributed by atoms with E-state index in [4.69, 9.17) is 9.84 Å². The Morgan fingerprint density at radius 3 is 2.78 bits per heavy atom. The molecule has 1 heterocycles. The van der Waals surface area contributed by atoms with Gasteiger partial charge < -0.3 is 9.84 Å². The Morgan fingerprint density at radius 2 is 2.04 bits per heavy atom. The number of fused-ring (bicyclic) bond motifs is 1. The third-order valence-corrected chi connectivity index (χ3v) is 3.32. The quantitative estimate of drug-likeness (QED) is 0.728. The second-order valence-electron chi connectivity index (χ2n) is 5.09. The maximum absolute atomic E-state index is 10.5. The molecule has 114 valence electrons. The number of carboxylic acids is 1. The molecule has 0 aliphatic heterocycles. The first-order valence-corrected chi connectivity index (χ1v) is 7.09. The normalized spacial score (nSPS) is 10.1. The average Bonchev–Trinajstić information content (AvgIpc) is 2.93. The number of aromatic amines is 2. The number of hydrogen-bond acceptors (Lipinski definition) is 2. The Labute approximate surface area is 132 Å². The van der Waals surface area contributed by atoms with E-state index < -0.39 is 12.6 Å². The van der Waals surface area contributed by atoms with Crippen LogP contribution in [0.1, 0.15) is 16.7 Å². The van der Waals surface area contributed by atoms with Gasteiger partial charge >= 0.3 is 12.0 Å². The molecule has 0 atom stereocenters. The first-order valence-electron chi connectivity index (χ1n) is 7.09. The number of benzene rings is 2. The van der Waals surface area contributed by atoms with Crippen LogP contribution < -0.4 is 9.72 Å². The molecule has 0 unspecified atom stereocenters. The fraction of sp³-hybridized carbons (Fsp3) is 0.111. The predicted molar refractivity (Wildman–Crippen MR) is 85.1 cm³/mol. The van der Waals surface area contributed by atoms with Crippen LogP contribution in [-0.4, -0.2) is 22.7 Å². The van der Waals surface area contributed by atoms with Gasteiger partial charge in [-0.25, -0.2) is 14.8 Å². The summed E-state index contributed by atoms with van der Waals surface area (Å²) in [5.74, 6) is 5.27. The lowest BCUT2D eigenvalue weighted by Crippen LogP contribution is -2.14. The summed E-state index contributed by atoms with van der Waals surface area (Å²) in [6.45, 7) is 1.58. The van der Waals surface area contributed by atoms with E-state index in [-0.39, 0.29) is 0 Å². The van der Waals surface area contributed by atoms with Gasteiger partial charge in [0.15, 0.2) is 17.6 Å². The van der Waals surface area contributed by atoms with E-state index in [9.17, 15) is 4.79 Å². The van der Waals surface area contributed by atoms with Crippen molar-refractivity contribution in [2.24, 2.45) is 0 Å². The largest absolute Gasteiger partial charge is 0.479 e. The van der Waals surface area contributed by atoms with Crippen LogP contribution in [-0.2, 0) is 4.79 Å². The van der Waals surface area contributed by atoms with Crippen molar-refractivity contribution in [2.75, 3.05) is 6.61 Å². The molecule has 5 heteroatoms. The molecular formula is C18H15N2O3+. The fourth-order valence-electron chi connectivity index (χ4n) is 2.19. The zero-order valence-corrected chi connectivity index (χ0v) is 12.5. The van der Waals surface area contributed by atoms with Crippen molar-refractivity contribution in [3.05, 3.63) is 59.2 Å². The van der Waals surface area contributed by atoms with E-state index in [1.54, 1.807) is 0 Å². The van der Waals surface area contributed by atoms with Gasteiger partial charge in [0.2, 0.25) is 0 Å². The fourth-order valence-corrected chi connectivity index (χ4v) is 2.19. The van der Waals surface area contributed by atoms with Gasteiger partial charge in [-0.2, -0.15) is 0 Å². The van der Waals surface area contributed by atoms with Gasteiger partial charge in [-0.15, -0.1) is 0 Å². The number of aliphatic carboxylic acids is 1. The average molecular weight is 307 g/mol. The van der Waals surface area contributed by atoms with Crippen molar-refractivity contribution < 1.29 is 19.6 Å².